The van der Waals surface area contributed by atoms with Gasteiger partial charge in [-0.05, 0) is 29.7 Å². The predicted octanol–water partition coefficient (Wildman–Crippen LogP) is 2.92. The zero-order valence-electron chi connectivity index (χ0n) is 15.0. The number of carbonyl (C=O) groups is 1. The lowest BCUT2D eigenvalue weighted by atomic mass is 10.1. The Bertz CT molecular complexity index is 814. The van der Waals surface area contributed by atoms with E-state index in [0.717, 1.165) is 25.1 Å². The third-order valence-electron chi connectivity index (χ3n) is 5.33. The van der Waals surface area contributed by atoms with Crippen molar-refractivity contribution in [1.82, 2.24) is 10.2 Å². The van der Waals surface area contributed by atoms with Gasteiger partial charge in [0.25, 0.3) is 0 Å². The SMILES string of the molecule is O=C(Cc1ccc(O)c(Cl)c1)N[C@@H]1C[C@H]2CO[C@@H](c3ccccc3)CN2C1. The zero-order valence-corrected chi connectivity index (χ0v) is 15.7. The molecule has 2 aliphatic heterocycles. The van der Waals surface area contributed by atoms with Crippen LogP contribution in [-0.4, -0.2) is 47.7 Å². The number of nitrogens with one attached hydrogen (secondary N) is 1. The van der Waals surface area contributed by atoms with E-state index in [1.807, 2.05) is 18.2 Å². The molecule has 6 heteroatoms. The molecule has 0 aromatic heterocycles. The molecule has 0 spiro atoms. The molecule has 2 aromatic rings. The Morgan fingerprint density at radius 1 is 1.22 bits per heavy atom. The van der Waals surface area contributed by atoms with Crippen molar-refractivity contribution in [3.63, 3.8) is 0 Å². The molecule has 1 amide bonds. The lowest BCUT2D eigenvalue weighted by molar-refractivity contribution is -0.121. The molecule has 3 atom stereocenters. The van der Waals surface area contributed by atoms with Gasteiger partial charge in [0.1, 0.15) is 5.75 Å². The molecular weight excluding hydrogens is 364 g/mol. The van der Waals surface area contributed by atoms with Crippen LogP contribution >= 0.6 is 11.6 Å². The van der Waals surface area contributed by atoms with Gasteiger partial charge in [-0.15, -0.1) is 0 Å². The number of carbonyl (C=O) groups excluding carboxylic acids is 1. The van der Waals surface area contributed by atoms with Crippen molar-refractivity contribution < 1.29 is 14.6 Å². The quantitative estimate of drug-likeness (QED) is 0.848. The van der Waals surface area contributed by atoms with Crippen molar-refractivity contribution in [2.24, 2.45) is 0 Å². The second kappa shape index (κ2) is 7.89. The Morgan fingerprint density at radius 2 is 2.04 bits per heavy atom. The van der Waals surface area contributed by atoms with Crippen LogP contribution in [0.15, 0.2) is 48.5 Å². The van der Waals surface area contributed by atoms with E-state index >= 15 is 0 Å². The van der Waals surface area contributed by atoms with Crippen LogP contribution in [0.5, 0.6) is 5.75 Å². The normalized spacial score (nSPS) is 25.1. The highest BCUT2D eigenvalue weighted by atomic mass is 35.5. The summed E-state index contributed by atoms with van der Waals surface area (Å²) in [6.45, 7) is 2.40. The first-order chi connectivity index (χ1) is 13.1. The molecule has 142 valence electrons. The second-order valence-corrected chi connectivity index (χ2v) is 7.71. The zero-order chi connectivity index (χ0) is 18.8. The maximum Gasteiger partial charge on any atom is 0.224 e. The molecule has 5 nitrogen and oxygen atoms in total. The van der Waals surface area contributed by atoms with Gasteiger partial charge < -0.3 is 15.2 Å². The monoisotopic (exact) mass is 386 g/mol. The number of fused-ring (bicyclic) bond motifs is 1. The van der Waals surface area contributed by atoms with Crippen molar-refractivity contribution in [1.29, 1.82) is 0 Å². The van der Waals surface area contributed by atoms with Gasteiger partial charge in [0.05, 0.1) is 24.2 Å². The van der Waals surface area contributed by atoms with E-state index in [9.17, 15) is 9.90 Å². The molecule has 27 heavy (non-hydrogen) atoms. The summed E-state index contributed by atoms with van der Waals surface area (Å²) in [5.41, 5.74) is 1.99. The first kappa shape index (κ1) is 18.3. The van der Waals surface area contributed by atoms with Gasteiger partial charge in [0.2, 0.25) is 5.91 Å². The number of rotatable bonds is 4. The van der Waals surface area contributed by atoms with E-state index in [1.165, 1.54) is 11.6 Å². The summed E-state index contributed by atoms with van der Waals surface area (Å²) < 4.78 is 6.06. The lowest BCUT2D eigenvalue weighted by Crippen LogP contribution is -2.43. The molecule has 2 N–H and O–H groups in total. The van der Waals surface area contributed by atoms with Crippen LogP contribution in [0, 0.1) is 0 Å². The molecule has 0 unspecified atom stereocenters. The number of hydrogen-bond donors (Lipinski definition) is 2. The van der Waals surface area contributed by atoms with Crippen molar-refractivity contribution >= 4 is 17.5 Å². The smallest absolute Gasteiger partial charge is 0.224 e. The van der Waals surface area contributed by atoms with Crippen LogP contribution in [0.4, 0.5) is 0 Å². The molecule has 4 rings (SSSR count). The number of phenolic OH excluding ortho intramolecular Hbond substituents is 1. The maximum absolute atomic E-state index is 12.4. The molecular formula is C21H23ClN2O3. The number of phenols is 1. The van der Waals surface area contributed by atoms with Gasteiger partial charge in [-0.25, -0.2) is 0 Å². The molecule has 0 bridgehead atoms. The largest absolute Gasteiger partial charge is 0.506 e. The third kappa shape index (κ3) is 4.26. The minimum absolute atomic E-state index is 0.0258. The summed E-state index contributed by atoms with van der Waals surface area (Å²) in [6, 6.07) is 15.6. The fourth-order valence-electron chi connectivity index (χ4n) is 3.97. The minimum Gasteiger partial charge on any atom is -0.506 e. The number of amides is 1. The van der Waals surface area contributed by atoms with E-state index in [1.54, 1.807) is 12.1 Å². The number of hydrogen-bond acceptors (Lipinski definition) is 4. The van der Waals surface area contributed by atoms with Crippen molar-refractivity contribution in [2.45, 2.75) is 31.0 Å². The van der Waals surface area contributed by atoms with Crippen LogP contribution in [0.25, 0.3) is 0 Å². The topological polar surface area (TPSA) is 61.8 Å². The van der Waals surface area contributed by atoms with Gasteiger partial charge in [-0.1, -0.05) is 48.0 Å². The standard InChI is InChI=1S/C21H23ClN2O3/c22-18-8-14(6-7-19(18)25)9-21(26)23-16-10-17-13-27-20(12-24(17)11-16)15-4-2-1-3-5-15/h1-8,16-17,20,25H,9-13H2,(H,23,26)/t16-,17+,20-/m1/s1. The molecule has 2 aromatic carbocycles. The van der Waals surface area contributed by atoms with E-state index in [-0.39, 0.29) is 35.2 Å². The maximum atomic E-state index is 12.4. The predicted molar refractivity (Wildman–Crippen MR) is 104 cm³/mol. The van der Waals surface area contributed by atoms with Crippen LogP contribution in [0.2, 0.25) is 5.02 Å². The molecule has 0 aliphatic carbocycles. The van der Waals surface area contributed by atoms with Crippen LogP contribution in [0.1, 0.15) is 23.7 Å². The molecule has 2 heterocycles. The highest BCUT2D eigenvalue weighted by molar-refractivity contribution is 6.32. The Hall–Kier alpha value is -2.08. The van der Waals surface area contributed by atoms with Crippen molar-refractivity contribution in [3.05, 3.63) is 64.7 Å². The average molecular weight is 387 g/mol. The first-order valence-electron chi connectivity index (χ1n) is 9.26. The molecule has 2 saturated heterocycles. The number of benzene rings is 2. The van der Waals surface area contributed by atoms with E-state index in [4.69, 9.17) is 16.3 Å². The van der Waals surface area contributed by atoms with Crippen LogP contribution < -0.4 is 5.32 Å². The van der Waals surface area contributed by atoms with Gasteiger partial charge in [0, 0.05) is 25.2 Å². The number of halogens is 1. The number of morpholine rings is 1. The Labute approximate surface area is 163 Å². The third-order valence-corrected chi connectivity index (χ3v) is 5.63. The summed E-state index contributed by atoms with van der Waals surface area (Å²) in [7, 11) is 0. The molecule has 0 radical (unpaired) electrons. The lowest BCUT2D eigenvalue weighted by Gasteiger charge is -2.35. The van der Waals surface area contributed by atoms with E-state index in [0.29, 0.717) is 12.6 Å². The van der Waals surface area contributed by atoms with Gasteiger partial charge in [-0.2, -0.15) is 0 Å². The number of ether oxygens (including phenoxy) is 1. The number of aromatic hydroxyl groups is 1. The number of nitrogens with zero attached hydrogens (tertiary/aromatic N) is 1. The van der Waals surface area contributed by atoms with Gasteiger partial charge in [0.15, 0.2) is 0 Å². The summed E-state index contributed by atoms with van der Waals surface area (Å²) >= 11 is 5.91. The molecule has 2 aliphatic rings. The molecule has 0 saturated carbocycles. The highest BCUT2D eigenvalue weighted by Gasteiger charge is 2.38. The molecule has 2 fully saturated rings. The Morgan fingerprint density at radius 3 is 2.81 bits per heavy atom. The van der Waals surface area contributed by atoms with Gasteiger partial charge in [-0.3, -0.25) is 9.69 Å². The Kier molecular flexibility index (Phi) is 5.34. The summed E-state index contributed by atoms with van der Waals surface area (Å²) in [4.78, 5) is 14.8. The van der Waals surface area contributed by atoms with Crippen molar-refractivity contribution in [3.8, 4) is 5.75 Å². The van der Waals surface area contributed by atoms with Crippen LogP contribution in [0.3, 0.4) is 0 Å². The van der Waals surface area contributed by atoms with Crippen molar-refractivity contribution in [2.75, 3.05) is 19.7 Å². The minimum atomic E-state index is -0.0258. The highest BCUT2D eigenvalue weighted by Crippen LogP contribution is 2.30. The van der Waals surface area contributed by atoms with E-state index < -0.39 is 0 Å². The fraction of sp³-hybridized carbons (Fsp3) is 0.381. The summed E-state index contributed by atoms with van der Waals surface area (Å²) in [5.74, 6) is 0.00333. The van der Waals surface area contributed by atoms with E-state index in [2.05, 4.69) is 22.3 Å². The fourth-order valence-corrected chi connectivity index (χ4v) is 4.18. The summed E-state index contributed by atoms with van der Waals surface area (Å²) in [6.07, 6.45) is 1.25. The second-order valence-electron chi connectivity index (χ2n) is 7.30. The van der Waals surface area contributed by atoms with Crippen LogP contribution in [-0.2, 0) is 16.0 Å². The first-order valence-corrected chi connectivity index (χ1v) is 9.63. The Balaban J connectivity index is 1.31. The van der Waals surface area contributed by atoms with Gasteiger partial charge >= 0.3 is 0 Å². The average Bonchev–Trinajstić information content (AvgIpc) is 3.06. The summed E-state index contributed by atoms with van der Waals surface area (Å²) in [5, 5.41) is 12.9.